The first-order valence-corrected chi connectivity index (χ1v) is 14.2. The van der Waals surface area contributed by atoms with Crippen molar-refractivity contribution in [3.8, 4) is 11.5 Å². The molecule has 0 atom stereocenters. The van der Waals surface area contributed by atoms with Crippen molar-refractivity contribution in [2.45, 2.75) is 6.92 Å². The topological polar surface area (TPSA) is 109 Å². The van der Waals surface area contributed by atoms with Crippen LogP contribution in [0, 0.1) is 5.82 Å². The Kier molecular flexibility index (Phi) is 11.0. The molecule has 4 aromatic carbocycles. The molecule has 0 radical (unpaired) electrons. The van der Waals surface area contributed by atoms with Gasteiger partial charge in [0, 0.05) is 25.3 Å². The Hall–Kier alpha value is -5.48. The molecular formula is C34H30ClFN4O5. The standard InChI is InChI=1S/C34H30ClFN4O5/c1-4-44-31-19-23(14-17-30(31)45-34(43)27-10-5-6-11-28(27)35)21-37-39-33(42)29(18-22-12-15-26(16-13-22)40(2)3)38-32(41)24-8-7-9-25(36)20-24/h5-21H,4H2,1-3H3,(H,38,41)(H,39,42). The van der Waals surface area contributed by atoms with Gasteiger partial charge in [0.05, 0.1) is 23.4 Å². The molecule has 0 saturated heterocycles. The Bertz CT molecular complexity index is 1760. The number of benzene rings is 4. The SMILES string of the molecule is CCOc1cc(C=NNC(=O)C(=Cc2ccc(N(C)C)cc2)NC(=O)c2cccc(F)c2)ccc1OC(=O)c1ccccc1Cl. The van der Waals surface area contributed by atoms with E-state index in [1.807, 2.05) is 31.1 Å². The number of hydrazone groups is 1. The summed E-state index contributed by atoms with van der Waals surface area (Å²) < 4.78 is 24.9. The van der Waals surface area contributed by atoms with Crippen LogP contribution in [0.3, 0.4) is 0 Å². The van der Waals surface area contributed by atoms with Crippen LogP contribution in [-0.4, -0.2) is 44.7 Å². The molecule has 0 aliphatic rings. The summed E-state index contributed by atoms with van der Waals surface area (Å²) in [5, 5.41) is 6.82. The van der Waals surface area contributed by atoms with Gasteiger partial charge in [0.2, 0.25) is 0 Å². The zero-order valence-corrected chi connectivity index (χ0v) is 25.5. The summed E-state index contributed by atoms with van der Waals surface area (Å²) in [4.78, 5) is 40.6. The fourth-order valence-corrected chi connectivity index (χ4v) is 4.20. The third kappa shape index (κ3) is 9.01. The van der Waals surface area contributed by atoms with Gasteiger partial charge in [0.25, 0.3) is 11.8 Å². The van der Waals surface area contributed by atoms with Gasteiger partial charge in [-0.05, 0) is 84.8 Å². The summed E-state index contributed by atoms with van der Waals surface area (Å²) in [6, 6.07) is 23.7. The quantitative estimate of drug-likeness (QED) is 0.0685. The van der Waals surface area contributed by atoms with E-state index in [0.29, 0.717) is 17.7 Å². The van der Waals surface area contributed by atoms with E-state index < -0.39 is 23.6 Å². The number of amides is 2. The third-order valence-electron chi connectivity index (χ3n) is 6.24. The number of halogens is 2. The first kappa shape index (κ1) is 32.4. The minimum atomic E-state index is -0.719. The second kappa shape index (κ2) is 15.3. The van der Waals surface area contributed by atoms with Crippen molar-refractivity contribution >= 4 is 47.4 Å². The monoisotopic (exact) mass is 628 g/mol. The van der Waals surface area contributed by atoms with Crippen molar-refractivity contribution in [1.82, 2.24) is 10.7 Å². The summed E-state index contributed by atoms with van der Waals surface area (Å²) in [5.74, 6) is -2.18. The number of esters is 1. The molecule has 9 nitrogen and oxygen atoms in total. The lowest BCUT2D eigenvalue weighted by Crippen LogP contribution is -2.32. The van der Waals surface area contributed by atoms with Crippen LogP contribution in [-0.2, 0) is 4.79 Å². The molecule has 0 bridgehead atoms. The van der Waals surface area contributed by atoms with Gasteiger partial charge in [-0.25, -0.2) is 14.6 Å². The molecule has 2 amide bonds. The lowest BCUT2D eigenvalue weighted by atomic mass is 10.1. The second-order valence-electron chi connectivity index (χ2n) is 9.72. The van der Waals surface area contributed by atoms with Crippen LogP contribution in [0.1, 0.15) is 38.8 Å². The zero-order chi connectivity index (χ0) is 32.3. The van der Waals surface area contributed by atoms with Crippen LogP contribution in [0.25, 0.3) is 6.08 Å². The molecule has 4 rings (SSSR count). The Balaban J connectivity index is 1.52. The fraction of sp³-hybridized carbons (Fsp3) is 0.118. The number of nitrogens with one attached hydrogen (secondary N) is 2. The third-order valence-corrected chi connectivity index (χ3v) is 6.57. The van der Waals surface area contributed by atoms with Crippen molar-refractivity contribution in [2.24, 2.45) is 5.10 Å². The number of hydrogen-bond donors (Lipinski definition) is 2. The van der Waals surface area contributed by atoms with E-state index in [1.54, 1.807) is 55.5 Å². The van der Waals surface area contributed by atoms with Crippen molar-refractivity contribution in [3.63, 3.8) is 0 Å². The van der Waals surface area contributed by atoms with Crippen LogP contribution < -0.4 is 25.1 Å². The van der Waals surface area contributed by atoms with Crippen molar-refractivity contribution < 1.29 is 28.2 Å². The molecule has 0 aromatic heterocycles. The highest BCUT2D eigenvalue weighted by Crippen LogP contribution is 2.29. The van der Waals surface area contributed by atoms with E-state index in [0.717, 1.165) is 11.8 Å². The van der Waals surface area contributed by atoms with Crippen molar-refractivity contribution in [3.05, 3.63) is 130 Å². The van der Waals surface area contributed by atoms with Crippen LogP contribution in [0.4, 0.5) is 10.1 Å². The van der Waals surface area contributed by atoms with Gasteiger partial charge in [0.1, 0.15) is 11.5 Å². The maximum Gasteiger partial charge on any atom is 0.345 e. The van der Waals surface area contributed by atoms with E-state index in [9.17, 15) is 18.8 Å². The summed E-state index contributed by atoms with van der Waals surface area (Å²) in [6.45, 7) is 2.07. The average Bonchev–Trinajstić information content (AvgIpc) is 3.02. The molecule has 45 heavy (non-hydrogen) atoms. The molecule has 0 spiro atoms. The predicted octanol–water partition coefficient (Wildman–Crippen LogP) is 6.08. The Morgan fingerprint density at radius 1 is 0.911 bits per heavy atom. The van der Waals surface area contributed by atoms with E-state index in [2.05, 4.69) is 15.8 Å². The summed E-state index contributed by atoms with van der Waals surface area (Å²) in [7, 11) is 3.80. The molecule has 2 N–H and O–H groups in total. The zero-order valence-electron chi connectivity index (χ0n) is 24.7. The number of rotatable bonds is 11. The maximum absolute atomic E-state index is 13.7. The molecular weight excluding hydrogens is 599 g/mol. The number of nitrogens with zero attached hydrogens (tertiary/aromatic N) is 2. The van der Waals surface area contributed by atoms with Gasteiger partial charge < -0.3 is 19.7 Å². The molecule has 0 unspecified atom stereocenters. The van der Waals surface area contributed by atoms with Crippen molar-refractivity contribution in [1.29, 1.82) is 0 Å². The molecule has 0 aliphatic heterocycles. The summed E-state index contributed by atoms with van der Waals surface area (Å²) in [5.41, 5.74) is 4.63. The second-order valence-corrected chi connectivity index (χ2v) is 10.1. The predicted molar refractivity (Wildman–Crippen MR) is 172 cm³/mol. The lowest BCUT2D eigenvalue weighted by Gasteiger charge is -2.13. The minimum Gasteiger partial charge on any atom is -0.490 e. The molecule has 0 saturated carbocycles. The number of carbonyl (C=O) groups is 3. The molecule has 0 aliphatic carbocycles. The smallest absolute Gasteiger partial charge is 0.345 e. The number of carbonyl (C=O) groups excluding carboxylic acids is 3. The number of ether oxygens (including phenoxy) is 2. The molecule has 230 valence electrons. The van der Waals surface area contributed by atoms with Gasteiger partial charge in [-0.15, -0.1) is 0 Å². The van der Waals surface area contributed by atoms with Crippen LogP contribution in [0.15, 0.2) is 102 Å². The van der Waals surface area contributed by atoms with Gasteiger partial charge in [-0.2, -0.15) is 5.10 Å². The van der Waals surface area contributed by atoms with Crippen LogP contribution >= 0.6 is 11.6 Å². The average molecular weight is 629 g/mol. The molecule has 11 heteroatoms. The highest BCUT2D eigenvalue weighted by Gasteiger charge is 2.17. The molecule has 0 heterocycles. The maximum atomic E-state index is 13.7. The largest absolute Gasteiger partial charge is 0.490 e. The number of anilines is 1. The Labute approximate surface area is 264 Å². The van der Waals surface area contributed by atoms with Gasteiger partial charge in [-0.1, -0.05) is 41.9 Å². The van der Waals surface area contributed by atoms with Gasteiger partial charge >= 0.3 is 5.97 Å². The first-order valence-electron chi connectivity index (χ1n) is 13.8. The van der Waals surface area contributed by atoms with Crippen molar-refractivity contribution in [2.75, 3.05) is 25.6 Å². The minimum absolute atomic E-state index is 0.0407. The molecule has 0 fully saturated rings. The van der Waals surface area contributed by atoms with Crippen LogP contribution in [0.5, 0.6) is 11.5 Å². The van der Waals surface area contributed by atoms with E-state index in [1.165, 1.54) is 36.6 Å². The van der Waals surface area contributed by atoms with Gasteiger partial charge in [-0.3, -0.25) is 9.59 Å². The Morgan fingerprint density at radius 2 is 1.64 bits per heavy atom. The van der Waals surface area contributed by atoms with Gasteiger partial charge in [0.15, 0.2) is 11.5 Å². The Morgan fingerprint density at radius 3 is 2.33 bits per heavy atom. The normalized spacial score (nSPS) is 11.2. The molecule has 4 aromatic rings. The van der Waals surface area contributed by atoms with E-state index in [-0.39, 0.29) is 33.3 Å². The highest BCUT2D eigenvalue weighted by atomic mass is 35.5. The van der Waals surface area contributed by atoms with E-state index >= 15 is 0 Å². The fourth-order valence-electron chi connectivity index (χ4n) is 3.98. The first-order chi connectivity index (χ1) is 21.6. The van der Waals surface area contributed by atoms with Crippen LogP contribution in [0.2, 0.25) is 5.02 Å². The summed E-state index contributed by atoms with van der Waals surface area (Å²) >= 11 is 6.12. The summed E-state index contributed by atoms with van der Waals surface area (Å²) in [6.07, 6.45) is 2.84. The van der Waals surface area contributed by atoms with E-state index in [4.69, 9.17) is 21.1 Å². The highest BCUT2D eigenvalue weighted by molar-refractivity contribution is 6.33. The number of hydrogen-bond acceptors (Lipinski definition) is 7. The lowest BCUT2D eigenvalue weighted by molar-refractivity contribution is -0.117.